The third kappa shape index (κ3) is 2.58. The maximum atomic E-state index is 4.62. The van der Waals surface area contributed by atoms with Gasteiger partial charge in [-0.15, -0.1) is 0 Å². The molecular formula is C23H14NPSe2. The van der Waals surface area contributed by atoms with Gasteiger partial charge in [0.15, 0.2) is 0 Å². The van der Waals surface area contributed by atoms with E-state index in [2.05, 4.69) is 77.8 Å². The SMILES string of the molecule is c1ccc(-c2cc3c4c(c2)[Se]c2ccccc2P4c2ccccc2[Se]3)nc1. The Balaban J connectivity index is 1.64. The van der Waals surface area contributed by atoms with Crippen molar-refractivity contribution in [3.8, 4) is 11.3 Å². The fourth-order valence-electron chi connectivity index (χ4n) is 3.70. The van der Waals surface area contributed by atoms with Gasteiger partial charge in [-0.3, -0.25) is 0 Å². The summed E-state index contributed by atoms with van der Waals surface area (Å²) >= 11 is 0.735. The van der Waals surface area contributed by atoms with E-state index in [1.165, 1.54) is 5.56 Å². The Kier molecular flexibility index (Phi) is 3.86. The van der Waals surface area contributed by atoms with Crippen LogP contribution in [0.4, 0.5) is 0 Å². The predicted octanol–water partition coefficient (Wildman–Crippen LogP) is 0.444. The van der Waals surface area contributed by atoms with Crippen molar-refractivity contribution in [3.63, 3.8) is 0 Å². The molecule has 0 aliphatic carbocycles. The Morgan fingerprint density at radius 1 is 0.630 bits per heavy atom. The second-order valence-corrected chi connectivity index (χ2v) is 13.1. The second-order valence-electron chi connectivity index (χ2n) is 6.51. The Hall–Kier alpha value is -1.72. The van der Waals surface area contributed by atoms with Gasteiger partial charge in [0.25, 0.3) is 0 Å². The molecule has 6 rings (SSSR count). The first-order valence-corrected chi connectivity index (χ1v) is 13.6. The molecule has 0 N–H and O–H groups in total. The van der Waals surface area contributed by atoms with Crippen LogP contribution < -0.4 is 33.8 Å². The van der Waals surface area contributed by atoms with Gasteiger partial charge in [-0.05, 0) is 0 Å². The van der Waals surface area contributed by atoms with E-state index in [0.717, 1.165) is 5.69 Å². The Bertz CT molecular complexity index is 1120. The van der Waals surface area contributed by atoms with E-state index in [1.807, 2.05) is 12.3 Å². The van der Waals surface area contributed by atoms with Crippen molar-refractivity contribution in [2.75, 3.05) is 0 Å². The van der Waals surface area contributed by atoms with Crippen molar-refractivity contribution < 1.29 is 0 Å². The molecule has 0 saturated carbocycles. The molecule has 0 atom stereocenters. The van der Waals surface area contributed by atoms with Crippen molar-refractivity contribution in [1.82, 2.24) is 4.98 Å². The summed E-state index contributed by atoms with van der Waals surface area (Å²) in [7, 11) is -0.422. The van der Waals surface area contributed by atoms with Crippen molar-refractivity contribution in [3.05, 3.63) is 85.1 Å². The summed E-state index contributed by atoms with van der Waals surface area (Å²) in [6.45, 7) is 0. The molecule has 0 radical (unpaired) electrons. The fourth-order valence-corrected chi connectivity index (χ4v) is 13.6. The zero-order chi connectivity index (χ0) is 17.8. The van der Waals surface area contributed by atoms with E-state index in [0.29, 0.717) is 29.9 Å². The Morgan fingerprint density at radius 3 is 1.81 bits per heavy atom. The molecule has 128 valence electrons. The molecule has 3 heterocycles. The van der Waals surface area contributed by atoms with E-state index in [9.17, 15) is 0 Å². The van der Waals surface area contributed by atoms with Crippen molar-refractivity contribution in [2.45, 2.75) is 0 Å². The Labute approximate surface area is 172 Å². The van der Waals surface area contributed by atoms with Gasteiger partial charge in [-0.25, -0.2) is 0 Å². The summed E-state index contributed by atoms with van der Waals surface area (Å²) in [4.78, 5) is 4.62. The van der Waals surface area contributed by atoms with Crippen LogP contribution in [0.15, 0.2) is 85.1 Å². The summed E-state index contributed by atoms with van der Waals surface area (Å²) in [5.74, 6) is 0. The van der Waals surface area contributed by atoms with Crippen LogP contribution in [-0.2, 0) is 0 Å². The number of benzene rings is 3. The second kappa shape index (κ2) is 6.42. The molecule has 4 aromatic rings. The monoisotopic (exact) mass is 495 g/mol. The first-order valence-electron chi connectivity index (χ1n) is 8.82. The van der Waals surface area contributed by atoms with Gasteiger partial charge >= 0.3 is 173 Å². The minimum atomic E-state index is -0.422. The molecule has 0 saturated heterocycles. The number of hydrogen-bond donors (Lipinski definition) is 0. The first-order chi connectivity index (χ1) is 13.4. The number of fused-ring (bicyclic) bond motifs is 4. The minimum absolute atomic E-state index is 0.368. The van der Waals surface area contributed by atoms with Crippen LogP contribution >= 0.6 is 7.92 Å². The van der Waals surface area contributed by atoms with E-state index in [1.54, 1.807) is 33.8 Å². The molecule has 1 nitrogen and oxygen atoms in total. The van der Waals surface area contributed by atoms with Crippen LogP contribution in [0.5, 0.6) is 0 Å². The van der Waals surface area contributed by atoms with Crippen molar-refractivity contribution in [1.29, 1.82) is 0 Å². The molecule has 3 aromatic carbocycles. The Morgan fingerprint density at radius 2 is 1.22 bits per heavy atom. The summed E-state index contributed by atoms with van der Waals surface area (Å²) in [5, 5.41) is 4.81. The van der Waals surface area contributed by atoms with Gasteiger partial charge in [0.1, 0.15) is 0 Å². The topological polar surface area (TPSA) is 12.9 Å². The number of aromatic nitrogens is 1. The third-order valence-electron chi connectivity index (χ3n) is 4.88. The average molecular weight is 493 g/mol. The molecule has 27 heavy (non-hydrogen) atoms. The maximum absolute atomic E-state index is 4.62. The molecule has 1 aromatic heterocycles. The number of pyridine rings is 1. The van der Waals surface area contributed by atoms with E-state index in [-0.39, 0.29) is 0 Å². The molecular weight excluding hydrogens is 479 g/mol. The van der Waals surface area contributed by atoms with E-state index in [4.69, 9.17) is 0 Å². The van der Waals surface area contributed by atoms with Crippen LogP contribution in [0.25, 0.3) is 11.3 Å². The fraction of sp³-hybridized carbons (Fsp3) is 0. The van der Waals surface area contributed by atoms with Gasteiger partial charge in [0, 0.05) is 0 Å². The first kappa shape index (κ1) is 16.3. The van der Waals surface area contributed by atoms with Gasteiger partial charge in [0.2, 0.25) is 0 Å². The molecule has 0 amide bonds. The molecule has 0 unspecified atom stereocenters. The summed E-state index contributed by atoms with van der Waals surface area (Å²) < 4.78 is 6.25. The van der Waals surface area contributed by atoms with Crippen molar-refractivity contribution in [2.24, 2.45) is 0 Å². The molecule has 0 bridgehead atoms. The number of rotatable bonds is 1. The van der Waals surface area contributed by atoms with Gasteiger partial charge in [-0.2, -0.15) is 0 Å². The van der Waals surface area contributed by atoms with Crippen LogP contribution in [-0.4, -0.2) is 34.9 Å². The van der Waals surface area contributed by atoms with Crippen LogP contribution in [0.2, 0.25) is 0 Å². The van der Waals surface area contributed by atoms with Crippen molar-refractivity contribution >= 4 is 71.6 Å². The third-order valence-corrected chi connectivity index (χ3v) is 13.6. The summed E-state index contributed by atoms with van der Waals surface area (Å²) in [6.07, 6.45) is 1.90. The van der Waals surface area contributed by atoms with Gasteiger partial charge in [-0.1, -0.05) is 0 Å². The molecule has 2 aliphatic rings. The van der Waals surface area contributed by atoms with Crippen LogP contribution in [0, 0.1) is 0 Å². The van der Waals surface area contributed by atoms with E-state index < -0.39 is 7.92 Å². The molecule has 0 spiro atoms. The molecule has 0 fully saturated rings. The predicted molar refractivity (Wildman–Crippen MR) is 118 cm³/mol. The zero-order valence-electron chi connectivity index (χ0n) is 14.3. The van der Waals surface area contributed by atoms with E-state index >= 15 is 0 Å². The number of nitrogens with zero attached hydrogens (tertiary/aromatic N) is 1. The van der Waals surface area contributed by atoms with Gasteiger partial charge in [0.05, 0.1) is 0 Å². The zero-order valence-corrected chi connectivity index (χ0v) is 18.6. The van der Waals surface area contributed by atoms with Crippen LogP contribution in [0.3, 0.4) is 0 Å². The summed E-state index contributed by atoms with van der Waals surface area (Å²) in [5.41, 5.74) is 2.37. The quantitative estimate of drug-likeness (QED) is 0.240. The molecule has 2 aliphatic heterocycles. The number of hydrogen-bond acceptors (Lipinski definition) is 1. The molecule has 4 heteroatoms. The van der Waals surface area contributed by atoms with Crippen LogP contribution in [0.1, 0.15) is 0 Å². The summed E-state index contributed by atoms with van der Waals surface area (Å²) in [6, 6.07) is 29.3. The average Bonchev–Trinajstić information content (AvgIpc) is 2.74. The standard InChI is InChI=1S/C23H14NPSe2/c1-3-10-19-17(8-1)25-18-9-2-4-11-20(18)27-22-14-15(13-21(26-19)23(22)25)16-7-5-6-12-24-16/h1-14H. The van der Waals surface area contributed by atoms with Gasteiger partial charge < -0.3 is 0 Å². The normalized spacial score (nSPS) is 14.2.